The number of nitrogens with zero attached hydrogens (tertiary/aromatic N) is 1. The van der Waals surface area contributed by atoms with Gasteiger partial charge in [-0.15, -0.1) is 11.8 Å². The Balaban J connectivity index is 2.38. The molecular weight excluding hydrogens is 300 g/mol. The monoisotopic (exact) mass is 316 g/mol. The number of benzene rings is 1. The number of carboxylic acid groups (broad SMARTS) is 1. The second-order valence-corrected chi connectivity index (χ2v) is 5.81. The molecular formula is C13H17ClN2O3S. The van der Waals surface area contributed by atoms with Crippen LogP contribution in [-0.4, -0.2) is 46.5 Å². The standard InChI is InChI=1S/C13H17ClN2O3S/c1-16(6-9-3-2-4-10(14)5-9)12(17)8-20-7-11(15)13(18)19/h2-5,11H,6-8,15H2,1H3,(H,18,19). The zero-order chi connectivity index (χ0) is 15.1. The van der Waals surface area contributed by atoms with Crippen LogP contribution in [0.5, 0.6) is 0 Å². The number of hydrogen-bond acceptors (Lipinski definition) is 4. The average Bonchev–Trinajstić information content (AvgIpc) is 2.38. The van der Waals surface area contributed by atoms with Crippen molar-refractivity contribution in [2.75, 3.05) is 18.6 Å². The van der Waals surface area contributed by atoms with Crippen LogP contribution in [0.25, 0.3) is 0 Å². The first-order chi connectivity index (χ1) is 9.40. The lowest BCUT2D eigenvalue weighted by molar-refractivity contribution is -0.138. The highest BCUT2D eigenvalue weighted by molar-refractivity contribution is 8.00. The zero-order valence-electron chi connectivity index (χ0n) is 11.1. The molecule has 1 aromatic rings. The summed E-state index contributed by atoms with van der Waals surface area (Å²) in [6.45, 7) is 0.463. The maximum atomic E-state index is 11.9. The van der Waals surface area contributed by atoms with E-state index >= 15 is 0 Å². The minimum absolute atomic E-state index is 0.0763. The van der Waals surface area contributed by atoms with E-state index in [0.717, 1.165) is 5.56 Å². The van der Waals surface area contributed by atoms with Gasteiger partial charge in [0.1, 0.15) is 6.04 Å². The maximum Gasteiger partial charge on any atom is 0.321 e. The van der Waals surface area contributed by atoms with Crippen LogP contribution >= 0.6 is 23.4 Å². The summed E-state index contributed by atoms with van der Waals surface area (Å²) in [5.74, 6) is -0.714. The van der Waals surface area contributed by atoms with Crippen LogP contribution in [-0.2, 0) is 16.1 Å². The number of carbonyl (C=O) groups is 2. The van der Waals surface area contributed by atoms with E-state index < -0.39 is 12.0 Å². The SMILES string of the molecule is CN(Cc1cccc(Cl)c1)C(=O)CSCC(N)C(=O)O. The quantitative estimate of drug-likeness (QED) is 0.795. The topological polar surface area (TPSA) is 83.6 Å². The van der Waals surface area contributed by atoms with E-state index in [1.165, 1.54) is 11.8 Å². The summed E-state index contributed by atoms with van der Waals surface area (Å²) < 4.78 is 0. The Hall–Kier alpha value is -1.24. The third kappa shape index (κ3) is 5.81. The van der Waals surface area contributed by atoms with Gasteiger partial charge in [-0.05, 0) is 17.7 Å². The number of amides is 1. The van der Waals surface area contributed by atoms with Gasteiger partial charge in [-0.2, -0.15) is 0 Å². The van der Waals surface area contributed by atoms with Crippen LogP contribution in [0.2, 0.25) is 5.02 Å². The minimum Gasteiger partial charge on any atom is -0.480 e. The Morgan fingerprint density at radius 3 is 2.80 bits per heavy atom. The molecule has 1 unspecified atom stereocenters. The van der Waals surface area contributed by atoms with Crippen molar-refractivity contribution in [2.24, 2.45) is 5.73 Å². The fourth-order valence-corrected chi connectivity index (χ4v) is 2.57. The number of halogens is 1. The molecule has 0 aliphatic carbocycles. The first-order valence-corrected chi connectivity index (χ1v) is 7.48. The van der Waals surface area contributed by atoms with Crippen molar-refractivity contribution in [3.8, 4) is 0 Å². The molecule has 0 saturated carbocycles. The van der Waals surface area contributed by atoms with Gasteiger partial charge >= 0.3 is 5.97 Å². The lowest BCUT2D eigenvalue weighted by Gasteiger charge is -2.17. The van der Waals surface area contributed by atoms with Gasteiger partial charge in [0.05, 0.1) is 5.75 Å². The molecule has 0 aromatic heterocycles. The molecule has 0 fully saturated rings. The molecule has 0 bridgehead atoms. The van der Waals surface area contributed by atoms with Crippen molar-refractivity contribution in [2.45, 2.75) is 12.6 Å². The molecule has 7 heteroatoms. The third-order valence-corrected chi connectivity index (χ3v) is 3.86. The maximum absolute atomic E-state index is 11.9. The predicted octanol–water partition coefficient (Wildman–Crippen LogP) is 1.44. The van der Waals surface area contributed by atoms with Crippen molar-refractivity contribution in [3.05, 3.63) is 34.9 Å². The van der Waals surface area contributed by atoms with Gasteiger partial charge in [0.2, 0.25) is 5.91 Å². The summed E-state index contributed by atoms with van der Waals surface area (Å²) in [6.07, 6.45) is 0. The van der Waals surface area contributed by atoms with Crippen molar-refractivity contribution in [3.63, 3.8) is 0 Å². The summed E-state index contributed by atoms with van der Waals surface area (Å²) in [5.41, 5.74) is 6.30. The summed E-state index contributed by atoms with van der Waals surface area (Å²) in [7, 11) is 1.70. The molecule has 110 valence electrons. The minimum atomic E-state index is -1.06. The number of aliphatic carboxylic acids is 1. The van der Waals surface area contributed by atoms with Crippen LogP contribution in [0.3, 0.4) is 0 Å². The molecule has 1 rings (SSSR count). The zero-order valence-corrected chi connectivity index (χ0v) is 12.7. The molecule has 1 atom stereocenters. The van der Waals surface area contributed by atoms with Gasteiger partial charge in [-0.25, -0.2) is 0 Å². The Morgan fingerprint density at radius 2 is 2.20 bits per heavy atom. The molecule has 5 nitrogen and oxygen atoms in total. The van der Waals surface area contributed by atoms with E-state index in [4.69, 9.17) is 22.4 Å². The third-order valence-electron chi connectivity index (χ3n) is 2.57. The highest BCUT2D eigenvalue weighted by Gasteiger charge is 2.14. The van der Waals surface area contributed by atoms with Crippen molar-refractivity contribution in [1.82, 2.24) is 4.90 Å². The molecule has 20 heavy (non-hydrogen) atoms. The summed E-state index contributed by atoms with van der Waals surface area (Å²) in [4.78, 5) is 24.0. The second kappa shape index (κ2) is 8.14. The van der Waals surface area contributed by atoms with Crippen LogP contribution in [0.15, 0.2) is 24.3 Å². The normalized spacial score (nSPS) is 11.9. The van der Waals surface area contributed by atoms with E-state index in [2.05, 4.69) is 0 Å². The van der Waals surface area contributed by atoms with Crippen LogP contribution < -0.4 is 5.73 Å². The van der Waals surface area contributed by atoms with E-state index in [-0.39, 0.29) is 17.4 Å². The predicted molar refractivity (Wildman–Crippen MR) is 80.9 cm³/mol. The lowest BCUT2D eigenvalue weighted by Crippen LogP contribution is -2.34. The fourth-order valence-electron chi connectivity index (χ4n) is 1.45. The summed E-state index contributed by atoms with van der Waals surface area (Å²) >= 11 is 7.10. The summed E-state index contributed by atoms with van der Waals surface area (Å²) in [5, 5.41) is 9.26. The van der Waals surface area contributed by atoms with Crippen molar-refractivity contribution >= 4 is 35.2 Å². The van der Waals surface area contributed by atoms with Gasteiger partial charge in [-0.3, -0.25) is 9.59 Å². The number of carboxylic acids is 1. The Bertz CT molecular complexity index is 484. The molecule has 3 N–H and O–H groups in total. The van der Waals surface area contributed by atoms with Gasteiger partial charge in [0.15, 0.2) is 0 Å². The second-order valence-electron chi connectivity index (χ2n) is 4.34. The molecule has 1 aromatic carbocycles. The molecule has 0 radical (unpaired) electrons. The molecule has 0 saturated heterocycles. The van der Waals surface area contributed by atoms with E-state index in [9.17, 15) is 9.59 Å². The Morgan fingerprint density at radius 1 is 1.50 bits per heavy atom. The molecule has 0 aliphatic rings. The van der Waals surface area contributed by atoms with E-state index in [1.807, 2.05) is 12.1 Å². The lowest BCUT2D eigenvalue weighted by atomic mass is 10.2. The first kappa shape index (κ1) is 16.8. The average molecular weight is 317 g/mol. The van der Waals surface area contributed by atoms with Crippen molar-refractivity contribution in [1.29, 1.82) is 0 Å². The Kier molecular flexibility index (Phi) is 6.84. The fraction of sp³-hybridized carbons (Fsp3) is 0.385. The largest absolute Gasteiger partial charge is 0.480 e. The van der Waals surface area contributed by atoms with Crippen LogP contribution in [0.1, 0.15) is 5.56 Å². The smallest absolute Gasteiger partial charge is 0.321 e. The van der Waals surface area contributed by atoms with E-state index in [1.54, 1.807) is 24.1 Å². The number of thioether (sulfide) groups is 1. The summed E-state index contributed by atoms with van der Waals surface area (Å²) in [6, 6.07) is 6.36. The number of nitrogens with two attached hydrogens (primary N) is 1. The number of carbonyl (C=O) groups excluding carboxylic acids is 1. The van der Waals surface area contributed by atoms with Gasteiger partial charge in [0, 0.05) is 24.4 Å². The number of hydrogen-bond donors (Lipinski definition) is 2. The van der Waals surface area contributed by atoms with Gasteiger partial charge in [0.25, 0.3) is 0 Å². The molecule has 1 amide bonds. The first-order valence-electron chi connectivity index (χ1n) is 5.94. The van der Waals surface area contributed by atoms with Gasteiger partial charge in [-0.1, -0.05) is 23.7 Å². The molecule has 0 heterocycles. The van der Waals surface area contributed by atoms with Gasteiger partial charge < -0.3 is 15.7 Å². The molecule has 0 spiro atoms. The number of rotatable bonds is 7. The highest BCUT2D eigenvalue weighted by atomic mass is 35.5. The highest BCUT2D eigenvalue weighted by Crippen LogP contribution is 2.13. The van der Waals surface area contributed by atoms with Crippen LogP contribution in [0, 0.1) is 0 Å². The van der Waals surface area contributed by atoms with E-state index in [0.29, 0.717) is 11.6 Å². The Labute approximate surface area is 127 Å². The van der Waals surface area contributed by atoms with Crippen LogP contribution in [0.4, 0.5) is 0 Å². The molecule has 0 aliphatic heterocycles. The van der Waals surface area contributed by atoms with Crippen molar-refractivity contribution < 1.29 is 14.7 Å².